The summed E-state index contributed by atoms with van der Waals surface area (Å²) in [5.41, 5.74) is -0.467. The third-order valence-electron chi connectivity index (χ3n) is 4.14. The second-order valence-corrected chi connectivity index (χ2v) is 5.67. The maximum Gasteiger partial charge on any atom is 0.232 e. The molecule has 0 spiro atoms. The summed E-state index contributed by atoms with van der Waals surface area (Å²) in [6.45, 7) is 8.93. The van der Waals surface area contributed by atoms with Crippen molar-refractivity contribution in [3.8, 4) is 0 Å². The first-order valence-electron chi connectivity index (χ1n) is 6.73. The van der Waals surface area contributed by atoms with Gasteiger partial charge in [0.05, 0.1) is 11.5 Å². The normalized spacial score (nSPS) is 22.9. The van der Waals surface area contributed by atoms with Crippen LogP contribution in [-0.2, 0) is 9.59 Å². The van der Waals surface area contributed by atoms with Crippen LogP contribution in [0.1, 0.15) is 33.1 Å². The van der Waals surface area contributed by atoms with Crippen molar-refractivity contribution in [2.45, 2.75) is 39.2 Å². The van der Waals surface area contributed by atoms with Gasteiger partial charge in [-0.1, -0.05) is 13.0 Å². The number of nitrogens with one attached hydrogen (secondary N) is 1. The van der Waals surface area contributed by atoms with Crippen molar-refractivity contribution in [2.75, 3.05) is 13.1 Å². The standard InChI is InChI=1S/C14H22N2O2/c1-4-14(3,5-2)13(18)16-8-11(9-16)15-12(17)10-6-7-10/h4,10-11H,1,5-9H2,2-3H3,(H,15,17)/t14-/m1/s1. The average molecular weight is 250 g/mol. The Morgan fingerprint density at radius 2 is 2.06 bits per heavy atom. The Morgan fingerprint density at radius 1 is 1.44 bits per heavy atom. The van der Waals surface area contributed by atoms with Crippen LogP contribution in [0.3, 0.4) is 0 Å². The Morgan fingerprint density at radius 3 is 2.50 bits per heavy atom. The summed E-state index contributed by atoms with van der Waals surface area (Å²) in [4.78, 5) is 25.6. The highest BCUT2D eigenvalue weighted by Gasteiger charge is 2.40. The minimum Gasteiger partial charge on any atom is -0.350 e. The summed E-state index contributed by atoms with van der Waals surface area (Å²) in [6.07, 6.45) is 4.52. The number of hydrogen-bond donors (Lipinski definition) is 1. The Balaban J connectivity index is 1.79. The van der Waals surface area contributed by atoms with E-state index in [9.17, 15) is 9.59 Å². The number of carbonyl (C=O) groups is 2. The molecule has 0 unspecified atom stereocenters. The smallest absolute Gasteiger partial charge is 0.232 e. The highest BCUT2D eigenvalue weighted by molar-refractivity contribution is 5.86. The number of likely N-dealkylation sites (tertiary alicyclic amines) is 1. The monoisotopic (exact) mass is 250 g/mol. The van der Waals surface area contributed by atoms with E-state index in [-0.39, 0.29) is 23.8 Å². The molecule has 0 aromatic heterocycles. The van der Waals surface area contributed by atoms with Crippen LogP contribution in [0.4, 0.5) is 0 Å². The van der Waals surface area contributed by atoms with Crippen molar-refractivity contribution in [3.05, 3.63) is 12.7 Å². The van der Waals surface area contributed by atoms with Gasteiger partial charge in [-0.3, -0.25) is 9.59 Å². The lowest BCUT2D eigenvalue weighted by Gasteiger charge is -2.43. The molecular weight excluding hydrogens is 228 g/mol. The lowest BCUT2D eigenvalue weighted by atomic mass is 9.85. The number of carbonyl (C=O) groups excluding carboxylic acids is 2. The van der Waals surface area contributed by atoms with Gasteiger partial charge >= 0.3 is 0 Å². The van der Waals surface area contributed by atoms with Crippen molar-refractivity contribution in [2.24, 2.45) is 11.3 Å². The largest absolute Gasteiger partial charge is 0.350 e. The molecule has 100 valence electrons. The van der Waals surface area contributed by atoms with Crippen LogP contribution in [-0.4, -0.2) is 35.8 Å². The zero-order valence-corrected chi connectivity index (χ0v) is 11.2. The first-order chi connectivity index (χ1) is 8.50. The number of hydrogen-bond acceptors (Lipinski definition) is 2. The molecule has 0 aromatic rings. The van der Waals surface area contributed by atoms with Crippen LogP contribution in [0, 0.1) is 11.3 Å². The minimum atomic E-state index is -0.467. The van der Waals surface area contributed by atoms with Gasteiger partial charge in [0.25, 0.3) is 0 Å². The molecular formula is C14H22N2O2. The first-order valence-corrected chi connectivity index (χ1v) is 6.73. The molecule has 2 amide bonds. The molecule has 0 radical (unpaired) electrons. The molecule has 2 fully saturated rings. The van der Waals surface area contributed by atoms with Gasteiger partial charge < -0.3 is 10.2 Å². The number of nitrogens with zero attached hydrogens (tertiary/aromatic N) is 1. The zero-order valence-electron chi connectivity index (χ0n) is 11.2. The van der Waals surface area contributed by atoms with Gasteiger partial charge in [0.2, 0.25) is 11.8 Å². The highest BCUT2D eigenvalue weighted by Crippen LogP contribution is 2.30. The maximum atomic E-state index is 12.2. The van der Waals surface area contributed by atoms with E-state index >= 15 is 0 Å². The summed E-state index contributed by atoms with van der Waals surface area (Å²) in [5.74, 6) is 0.523. The van der Waals surface area contributed by atoms with E-state index < -0.39 is 5.41 Å². The van der Waals surface area contributed by atoms with Gasteiger partial charge in [0, 0.05) is 19.0 Å². The SMILES string of the molecule is C=C[C@](C)(CC)C(=O)N1CC(NC(=O)C2CC2)C1. The molecule has 2 aliphatic rings. The van der Waals surface area contributed by atoms with E-state index in [1.54, 1.807) is 6.08 Å². The fourth-order valence-corrected chi connectivity index (χ4v) is 2.14. The van der Waals surface area contributed by atoms with Crippen molar-refractivity contribution >= 4 is 11.8 Å². The Hall–Kier alpha value is -1.32. The molecule has 1 atom stereocenters. The summed E-state index contributed by atoms with van der Waals surface area (Å²) in [6, 6.07) is 0.146. The summed E-state index contributed by atoms with van der Waals surface area (Å²) in [5, 5.41) is 2.99. The van der Waals surface area contributed by atoms with Crippen molar-refractivity contribution in [1.82, 2.24) is 10.2 Å². The average Bonchev–Trinajstić information content (AvgIpc) is 3.15. The van der Waals surface area contributed by atoms with E-state index in [0.717, 1.165) is 19.3 Å². The second kappa shape index (κ2) is 4.75. The van der Waals surface area contributed by atoms with Gasteiger partial charge in [-0.05, 0) is 26.2 Å². The third-order valence-corrected chi connectivity index (χ3v) is 4.14. The molecule has 1 aliphatic carbocycles. The van der Waals surface area contributed by atoms with E-state index in [2.05, 4.69) is 11.9 Å². The molecule has 4 nitrogen and oxygen atoms in total. The Labute approximate surface area is 108 Å². The molecule has 4 heteroatoms. The van der Waals surface area contributed by atoms with Gasteiger partial charge in [-0.2, -0.15) is 0 Å². The van der Waals surface area contributed by atoms with Crippen LogP contribution >= 0.6 is 0 Å². The summed E-state index contributed by atoms with van der Waals surface area (Å²) in [7, 11) is 0. The van der Waals surface area contributed by atoms with Gasteiger partial charge in [-0.15, -0.1) is 6.58 Å². The van der Waals surface area contributed by atoms with Gasteiger partial charge in [-0.25, -0.2) is 0 Å². The Bertz CT molecular complexity index is 370. The lowest BCUT2D eigenvalue weighted by Crippen LogP contribution is -2.63. The first kappa shape index (κ1) is 13.1. The maximum absolute atomic E-state index is 12.2. The van der Waals surface area contributed by atoms with E-state index in [1.807, 2.05) is 18.7 Å². The van der Waals surface area contributed by atoms with Crippen LogP contribution in [0.5, 0.6) is 0 Å². The van der Waals surface area contributed by atoms with E-state index in [0.29, 0.717) is 13.1 Å². The quantitative estimate of drug-likeness (QED) is 0.748. The zero-order chi connectivity index (χ0) is 13.3. The topological polar surface area (TPSA) is 49.4 Å². The predicted octanol–water partition coefficient (Wildman–Crippen LogP) is 1.33. The summed E-state index contributed by atoms with van der Waals surface area (Å²) >= 11 is 0. The Kier molecular flexibility index (Phi) is 3.46. The van der Waals surface area contributed by atoms with Crippen molar-refractivity contribution < 1.29 is 9.59 Å². The second-order valence-electron chi connectivity index (χ2n) is 5.67. The fourth-order valence-electron chi connectivity index (χ4n) is 2.14. The molecule has 0 bridgehead atoms. The number of amides is 2. The lowest BCUT2D eigenvalue weighted by molar-refractivity contribution is -0.145. The molecule has 18 heavy (non-hydrogen) atoms. The van der Waals surface area contributed by atoms with E-state index in [4.69, 9.17) is 0 Å². The van der Waals surface area contributed by atoms with Gasteiger partial charge in [0.15, 0.2) is 0 Å². The van der Waals surface area contributed by atoms with Crippen molar-refractivity contribution in [3.63, 3.8) is 0 Å². The fraction of sp³-hybridized carbons (Fsp3) is 0.714. The van der Waals surface area contributed by atoms with Crippen LogP contribution < -0.4 is 5.32 Å². The molecule has 1 saturated carbocycles. The predicted molar refractivity (Wildman–Crippen MR) is 69.8 cm³/mol. The molecule has 0 aromatic carbocycles. The van der Waals surface area contributed by atoms with Gasteiger partial charge in [0.1, 0.15) is 0 Å². The summed E-state index contributed by atoms with van der Waals surface area (Å²) < 4.78 is 0. The molecule has 1 heterocycles. The number of rotatable bonds is 5. The molecule has 1 N–H and O–H groups in total. The minimum absolute atomic E-state index is 0.122. The molecule has 1 saturated heterocycles. The highest BCUT2D eigenvalue weighted by atomic mass is 16.2. The van der Waals surface area contributed by atoms with E-state index in [1.165, 1.54) is 0 Å². The molecule has 1 aliphatic heterocycles. The van der Waals surface area contributed by atoms with Crippen LogP contribution in [0.15, 0.2) is 12.7 Å². The van der Waals surface area contributed by atoms with Crippen LogP contribution in [0.2, 0.25) is 0 Å². The van der Waals surface area contributed by atoms with Crippen LogP contribution in [0.25, 0.3) is 0 Å². The van der Waals surface area contributed by atoms with Crippen molar-refractivity contribution in [1.29, 1.82) is 0 Å². The third kappa shape index (κ3) is 2.42. The molecule has 2 rings (SSSR count).